The second kappa shape index (κ2) is 8.43. The zero-order valence-corrected chi connectivity index (χ0v) is 10.9. The first-order chi connectivity index (χ1) is 7.33. The summed E-state index contributed by atoms with van der Waals surface area (Å²) in [5, 5.41) is 4.21. The van der Waals surface area contributed by atoms with Crippen molar-refractivity contribution in [3.05, 3.63) is 0 Å². The highest BCUT2D eigenvalue weighted by molar-refractivity contribution is 7.99. The molecule has 0 saturated carbocycles. The predicted octanol–water partition coefficient (Wildman–Crippen LogP) is 2.68. The van der Waals surface area contributed by atoms with Gasteiger partial charge in [0.1, 0.15) is 0 Å². The van der Waals surface area contributed by atoms with Crippen LogP contribution >= 0.6 is 11.8 Å². The average molecular weight is 231 g/mol. The Hall–Kier alpha value is 0.270. The second-order valence-corrected chi connectivity index (χ2v) is 5.81. The van der Waals surface area contributed by atoms with E-state index in [0.29, 0.717) is 11.4 Å². The lowest BCUT2D eigenvalue weighted by Gasteiger charge is -2.15. The van der Waals surface area contributed by atoms with Crippen molar-refractivity contribution in [1.29, 1.82) is 0 Å². The summed E-state index contributed by atoms with van der Waals surface area (Å²) in [6.07, 6.45) is 5.64. The van der Waals surface area contributed by atoms with Crippen LogP contribution in [0, 0.1) is 0 Å². The van der Waals surface area contributed by atoms with Crippen molar-refractivity contribution < 1.29 is 4.74 Å². The predicted molar refractivity (Wildman–Crippen MR) is 68.7 cm³/mol. The number of thioether (sulfide) groups is 1. The fraction of sp³-hybridized carbons (Fsp3) is 1.00. The van der Waals surface area contributed by atoms with Crippen LogP contribution in [-0.2, 0) is 4.74 Å². The molecule has 1 N–H and O–H groups in total. The average Bonchev–Trinajstić information content (AvgIpc) is 2.74. The lowest BCUT2D eigenvalue weighted by Crippen LogP contribution is -2.25. The van der Waals surface area contributed by atoms with Crippen molar-refractivity contribution in [2.45, 2.75) is 50.9 Å². The van der Waals surface area contributed by atoms with Crippen LogP contribution in [0.3, 0.4) is 0 Å². The van der Waals surface area contributed by atoms with E-state index in [4.69, 9.17) is 4.74 Å². The molecule has 2 atom stereocenters. The minimum absolute atomic E-state index is 0.535. The Morgan fingerprint density at radius 2 is 2.40 bits per heavy atom. The number of hydrogen-bond donors (Lipinski definition) is 1. The molecule has 1 aliphatic rings. The van der Waals surface area contributed by atoms with Crippen LogP contribution in [0.1, 0.15) is 39.5 Å². The monoisotopic (exact) mass is 231 g/mol. The quantitative estimate of drug-likeness (QED) is 0.649. The first-order valence-electron chi connectivity index (χ1n) is 6.27. The molecule has 90 valence electrons. The summed E-state index contributed by atoms with van der Waals surface area (Å²) < 4.78 is 5.61. The van der Waals surface area contributed by atoms with Crippen LogP contribution in [0.2, 0.25) is 0 Å². The standard InChI is InChI=1S/C12H25NOS/c1-3-4-7-13-9-11(2)15-10-12-6-5-8-14-12/h11-13H,3-10H2,1-2H3. The Morgan fingerprint density at radius 1 is 1.53 bits per heavy atom. The number of hydrogen-bond acceptors (Lipinski definition) is 3. The molecule has 2 unspecified atom stereocenters. The molecule has 0 aromatic carbocycles. The van der Waals surface area contributed by atoms with Crippen LogP contribution in [-0.4, -0.2) is 36.8 Å². The summed E-state index contributed by atoms with van der Waals surface area (Å²) >= 11 is 2.04. The number of ether oxygens (including phenoxy) is 1. The first-order valence-corrected chi connectivity index (χ1v) is 7.31. The van der Waals surface area contributed by atoms with Gasteiger partial charge in [0, 0.05) is 24.2 Å². The first kappa shape index (κ1) is 13.3. The van der Waals surface area contributed by atoms with Crippen LogP contribution in [0.15, 0.2) is 0 Å². The van der Waals surface area contributed by atoms with Crippen LogP contribution in [0.25, 0.3) is 0 Å². The maximum Gasteiger partial charge on any atom is 0.0666 e. The summed E-state index contributed by atoms with van der Waals surface area (Å²) in [6.45, 7) is 7.82. The van der Waals surface area contributed by atoms with Crippen LogP contribution in [0.4, 0.5) is 0 Å². The Balaban J connectivity index is 1.90. The molecule has 3 heteroatoms. The third-order valence-corrected chi connectivity index (χ3v) is 4.03. The highest BCUT2D eigenvalue weighted by atomic mass is 32.2. The molecule has 1 rings (SSSR count). The number of unbranched alkanes of at least 4 members (excludes halogenated alkanes) is 1. The fourth-order valence-corrected chi connectivity index (χ4v) is 2.76. The Bertz CT molecular complexity index is 149. The Labute approximate surface area is 98.5 Å². The third kappa shape index (κ3) is 6.44. The van der Waals surface area contributed by atoms with Crippen LogP contribution in [0.5, 0.6) is 0 Å². The lowest BCUT2D eigenvalue weighted by atomic mass is 10.3. The number of rotatable bonds is 8. The van der Waals surface area contributed by atoms with Gasteiger partial charge in [-0.3, -0.25) is 0 Å². The van der Waals surface area contributed by atoms with E-state index in [1.807, 2.05) is 11.8 Å². The summed E-state index contributed by atoms with van der Waals surface area (Å²) in [5.41, 5.74) is 0. The van der Waals surface area contributed by atoms with Gasteiger partial charge < -0.3 is 10.1 Å². The van der Waals surface area contributed by atoms with Gasteiger partial charge in [-0.25, -0.2) is 0 Å². The van der Waals surface area contributed by atoms with Gasteiger partial charge in [0.2, 0.25) is 0 Å². The van der Waals surface area contributed by atoms with Crippen molar-refractivity contribution in [3.8, 4) is 0 Å². The lowest BCUT2D eigenvalue weighted by molar-refractivity contribution is 0.129. The molecule has 0 aromatic heterocycles. The number of nitrogens with one attached hydrogen (secondary N) is 1. The fourth-order valence-electron chi connectivity index (χ4n) is 1.71. The highest BCUT2D eigenvalue weighted by Crippen LogP contribution is 2.19. The largest absolute Gasteiger partial charge is 0.377 e. The van der Waals surface area contributed by atoms with Gasteiger partial charge in [-0.2, -0.15) is 11.8 Å². The van der Waals surface area contributed by atoms with E-state index in [9.17, 15) is 0 Å². The molecule has 1 fully saturated rings. The molecule has 0 spiro atoms. The topological polar surface area (TPSA) is 21.3 Å². The maximum atomic E-state index is 5.61. The van der Waals surface area contributed by atoms with E-state index in [-0.39, 0.29) is 0 Å². The van der Waals surface area contributed by atoms with Crippen molar-refractivity contribution in [1.82, 2.24) is 5.32 Å². The van der Waals surface area contributed by atoms with E-state index in [0.717, 1.165) is 13.2 Å². The van der Waals surface area contributed by atoms with E-state index in [1.165, 1.54) is 38.0 Å². The van der Waals surface area contributed by atoms with Gasteiger partial charge in [0.25, 0.3) is 0 Å². The van der Waals surface area contributed by atoms with E-state index < -0.39 is 0 Å². The Kier molecular flexibility index (Phi) is 7.49. The summed E-state index contributed by atoms with van der Waals surface area (Å²) in [5.74, 6) is 1.18. The molecular weight excluding hydrogens is 206 g/mol. The molecule has 15 heavy (non-hydrogen) atoms. The molecular formula is C12H25NOS. The van der Waals surface area contributed by atoms with Crippen LogP contribution < -0.4 is 5.32 Å². The SMILES string of the molecule is CCCCNCC(C)SCC1CCCO1. The van der Waals surface area contributed by atoms with Gasteiger partial charge >= 0.3 is 0 Å². The highest BCUT2D eigenvalue weighted by Gasteiger charge is 2.16. The minimum Gasteiger partial charge on any atom is -0.377 e. The normalized spacial score (nSPS) is 23.2. The zero-order chi connectivity index (χ0) is 10.9. The van der Waals surface area contributed by atoms with Gasteiger partial charge in [-0.05, 0) is 25.8 Å². The molecule has 0 bridgehead atoms. The molecule has 0 radical (unpaired) electrons. The maximum absolute atomic E-state index is 5.61. The van der Waals surface area contributed by atoms with Gasteiger partial charge in [-0.1, -0.05) is 20.3 Å². The van der Waals surface area contributed by atoms with Crippen molar-refractivity contribution in [2.75, 3.05) is 25.4 Å². The van der Waals surface area contributed by atoms with Crippen molar-refractivity contribution in [2.24, 2.45) is 0 Å². The molecule has 2 nitrogen and oxygen atoms in total. The molecule has 1 heterocycles. The van der Waals surface area contributed by atoms with Crippen molar-refractivity contribution in [3.63, 3.8) is 0 Å². The molecule has 1 saturated heterocycles. The second-order valence-electron chi connectivity index (χ2n) is 4.34. The minimum atomic E-state index is 0.535. The Morgan fingerprint density at radius 3 is 3.07 bits per heavy atom. The van der Waals surface area contributed by atoms with E-state index in [1.54, 1.807) is 0 Å². The zero-order valence-electron chi connectivity index (χ0n) is 10.1. The molecule has 1 aliphatic heterocycles. The van der Waals surface area contributed by atoms with Gasteiger partial charge in [-0.15, -0.1) is 0 Å². The molecule has 0 aromatic rings. The van der Waals surface area contributed by atoms with E-state index in [2.05, 4.69) is 19.2 Å². The third-order valence-electron chi connectivity index (χ3n) is 2.73. The van der Waals surface area contributed by atoms with Gasteiger partial charge in [0.15, 0.2) is 0 Å². The molecule has 0 aliphatic carbocycles. The van der Waals surface area contributed by atoms with Crippen molar-refractivity contribution >= 4 is 11.8 Å². The smallest absolute Gasteiger partial charge is 0.0666 e. The molecule has 0 amide bonds. The summed E-state index contributed by atoms with van der Waals surface area (Å²) in [7, 11) is 0. The van der Waals surface area contributed by atoms with E-state index >= 15 is 0 Å². The summed E-state index contributed by atoms with van der Waals surface area (Å²) in [6, 6.07) is 0. The van der Waals surface area contributed by atoms with Gasteiger partial charge in [0.05, 0.1) is 6.10 Å². The summed E-state index contributed by atoms with van der Waals surface area (Å²) in [4.78, 5) is 0.